The van der Waals surface area contributed by atoms with Crippen LogP contribution >= 0.6 is 24.0 Å². The lowest BCUT2D eigenvalue weighted by atomic mass is 10.1. The van der Waals surface area contributed by atoms with Crippen LogP contribution in [0.15, 0.2) is 53.5 Å². The van der Waals surface area contributed by atoms with Gasteiger partial charge in [-0.25, -0.2) is 4.99 Å². The number of hydrogen-bond acceptors (Lipinski definition) is 2. The summed E-state index contributed by atoms with van der Waals surface area (Å²) in [6.45, 7) is 3.55. The van der Waals surface area contributed by atoms with Gasteiger partial charge in [0.2, 0.25) is 0 Å². The fourth-order valence-electron chi connectivity index (χ4n) is 2.28. The molecule has 23 heavy (non-hydrogen) atoms. The molecule has 0 amide bonds. The van der Waals surface area contributed by atoms with Crippen molar-refractivity contribution in [3.05, 3.63) is 65.2 Å². The van der Waals surface area contributed by atoms with Crippen molar-refractivity contribution in [2.24, 2.45) is 10.7 Å². The Morgan fingerprint density at radius 1 is 1.09 bits per heavy atom. The van der Waals surface area contributed by atoms with Gasteiger partial charge in [0, 0.05) is 12.2 Å². The molecule has 2 aromatic rings. The topological polar surface area (TPSA) is 53.6 Å². The van der Waals surface area contributed by atoms with Crippen molar-refractivity contribution in [1.29, 1.82) is 0 Å². The number of benzene rings is 2. The lowest BCUT2D eigenvalue weighted by Gasteiger charge is -2.10. The molecule has 0 heterocycles. The van der Waals surface area contributed by atoms with E-state index in [0.717, 1.165) is 17.8 Å². The predicted molar refractivity (Wildman–Crippen MR) is 109 cm³/mol. The van der Waals surface area contributed by atoms with Crippen LogP contribution in [0.25, 0.3) is 0 Å². The van der Waals surface area contributed by atoms with Gasteiger partial charge < -0.3 is 16.0 Å². The third-order valence-corrected chi connectivity index (χ3v) is 3.21. The SMILES string of the molecule is Cc1cccc(NC(N)=NCc2cccc(CN(C)C)c2)c1.I. The molecule has 0 aliphatic rings. The number of halogens is 1. The Labute approximate surface area is 155 Å². The molecule has 2 aromatic carbocycles. The Hall–Kier alpha value is -1.60. The van der Waals surface area contributed by atoms with Gasteiger partial charge in [-0.05, 0) is 49.8 Å². The van der Waals surface area contributed by atoms with E-state index in [1.54, 1.807) is 0 Å². The Kier molecular flexibility index (Phi) is 8.05. The zero-order valence-electron chi connectivity index (χ0n) is 13.9. The van der Waals surface area contributed by atoms with Crippen LogP contribution in [0.5, 0.6) is 0 Å². The summed E-state index contributed by atoms with van der Waals surface area (Å²) in [5.74, 6) is 0.434. The Bertz CT molecular complexity index is 653. The van der Waals surface area contributed by atoms with Gasteiger partial charge in [0.05, 0.1) is 6.54 Å². The highest BCUT2D eigenvalue weighted by Crippen LogP contribution is 2.10. The number of hydrogen-bond donors (Lipinski definition) is 2. The average Bonchev–Trinajstić information content (AvgIpc) is 2.45. The van der Waals surface area contributed by atoms with E-state index in [1.807, 2.05) is 18.2 Å². The van der Waals surface area contributed by atoms with E-state index in [0.29, 0.717) is 12.5 Å². The maximum absolute atomic E-state index is 5.95. The van der Waals surface area contributed by atoms with Crippen LogP contribution in [-0.4, -0.2) is 25.0 Å². The van der Waals surface area contributed by atoms with Crippen LogP contribution in [0.3, 0.4) is 0 Å². The summed E-state index contributed by atoms with van der Waals surface area (Å²) >= 11 is 0. The van der Waals surface area contributed by atoms with Crippen molar-refractivity contribution < 1.29 is 0 Å². The van der Waals surface area contributed by atoms with E-state index in [4.69, 9.17) is 5.73 Å². The van der Waals surface area contributed by atoms with Crippen molar-refractivity contribution in [3.63, 3.8) is 0 Å². The van der Waals surface area contributed by atoms with Crippen LogP contribution < -0.4 is 11.1 Å². The van der Waals surface area contributed by atoms with Gasteiger partial charge in [-0.15, -0.1) is 24.0 Å². The van der Waals surface area contributed by atoms with E-state index < -0.39 is 0 Å². The molecule has 0 radical (unpaired) electrons. The van der Waals surface area contributed by atoms with E-state index in [2.05, 4.69) is 66.6 Å². The highest BCUT2D eigenvalue weighted by atomic mass is 127. The predicted octanol–water partition coefficient (Wildman–Crippen LogP) is 3.60. The van der Waals surface area contributed by atoms with E-state index in [1.165, 1.54) is 11.1 Å². The van der Waals surface area contributed by atoms with Crippen molar-refractivity contribution in [1.82, 2.24) is 4.90 Å². The molecule has 0 bridgehead atoms. The minimum Gasteiger partial charge on any atom is -0.370 e. The number of rotatable bonds is 5. The smallest absolute Gasteiger partial charge is 0.193 e. The summed E-state index contributed by atoms with van der Waals surface area (Å²) in [5, 5.41) is 3.12. The monoisotopic (exact) mass is 424 g/mol. The highest BCUT2D eigenvalue weighted by Gasteiger charge is 1.99. The minimum absolute atomic E-state index is 0. The van der Waals surface area contributed by atoms with Crippen LogP contribution in [0, 0.1) is 6.92 Å². The normalized spacial score (nSPS) is 11.2. The van der Waals surface area contributed by atoms with E-state index >= 15 is 0 Å². The van der Waals surface area contributed by atoms with E-state index in [9.17, 15) is 0 Å². The Morgan fingerprint density at radius 2 is 1.78 bits per heavy atom. The van der Waals surface area contributed by atoms with Gasteiger partial charge in [0.25, 0.3) is 0 Å². The molecule has 0 fully saturated rings. The first-order chi connectivity index (χ1) is 10.5. The van der Waals surface area contributed by atoms with Crippen molar-refractivity contribution in [3.8, 4) is 0 Å². The summed E-state index contributed by atoms with van der Waals surface area (Å²) in [4.78, 5) is 6.56. The van der Waals surface area contributed by atoms with Crippen LogP contribution in [0.4, 0.5) is 5.69 Å². The van der Waals surface area contributed by atoms with Gasteiger partial charge in [-0.1, -0.05) is 36.4 Å². The van der Waals surface area contributed by atoms with Gasteiger partial charge in [0.15, 0.2) is 5.96 Å². The lowest BCUT2D eigenvalue weighted by molar-refractivity contribution is 0.402. The Morgan fingerprint density at radius 3 is 2.48 bits per heavy atom. The largest absolute Gasteiger partial charge is 0.370 e. The second-order valence-electron chi connectivity index (χ2n) is 5.75. The number of guanidine groups is 1. The van der Waals surface area contributed by atoms with Crippen molar-refractivity contribution >= 4 is 35.6 Å². The van der Waals surface area contributed by atoms with Crippen LogP contribution in [-0.2, 0) is 13.1 Å². The van der Waals surface area contributed by atoms with Gasteiger partial charge in [0.1, 0.15) is 0 Å². The van der Waals surface area contributed by atoms with Crippen molar-refractivity contribution in [2.45, 2.75) is 20.0 Å². The molecule has 0 aliphatic carbocycles. The number of nitrogens with two attached hydrogens (primary N) is 1. The molecule has 0 aromatic heterocycles. The molecule has 2 rings (SSSR count). The molecule has 0 aliphatic heterocycles. The first-order valence-corrected chi connectivity index (χ1v) is 7.39. The van der Waals surface area contributed by atoms with Gasteiger partial charge in [-0.2, -0.15) is 0 Å². The summed E-state index contributed by atoms with van der Waals surface area (Å²) in [6, 6.07) is 16.5. The molecule has 124 valence electrons. The van der Waals surface area contributed by atoms with Crippen molar-refractivity contribution in [2.75, 3.05) is 19.4 Å². The number of anilines is 1. The first kappa shape index (κ1) is 19.4. The molecule has 0 spiro atoms. The fraction of sp³-hybridized carbons (Fsp3) is 0.278. The number of aryl methyl sites for hydroxylation is 1. The summed E-state index contributed by atoms with van der Waals surface area (Å²) in [5.41, 5.74) is 10.5. The molecular formula is C18H25IN4. The highest BCUT2D eigenvalue weighted by molar-refractivity contribution is 14.0. The second-order valence-corrected chi connectivity index (χ2v) is 5.75. The zero-order chi connectivity index (χ0) is 15.9. The summed E-state index contributed by atoms with van der Waals surface area (Å²) in [7, 11) is 4.13. The molecule has 5 heteroatoms. The molecule has 0 saturated carbocycles. The van der Waals surface area contributed by atoms with Gasteiger partial charge >= 0.3 is 0 Å². The third kappa shape index (κ3) is 7.00. The number of aliphatic imine (C=N–C) groups is 1. The minimum atomic E-state index is 0. The standard InChI is InChI=1S/C18H24N4.HI/c1-14-6-4-9-17(10-14)21-18(19)20-12-15-7-5-8-16(11-15)13-22(2)3;/h4-11H,12-13H2,1-3H3,(H3,19,20,21);1H. The molecule has 0 atom stereocenters. The maximum atomic E-state index is 5.95. The first-order valence-electron chi connectivity index (χ1n) is 7.39. The molecule has 0 saturated heterocycles. The molecule has 3 N–H and O–H groups in total. The maximum Gasteiger partial charge on any atom is 0.193 e. The molecule has 0 unspecified atom stereocenters. The number of nitrogens with zero attached hydrogens (tertiary/aromatic N) is 2. The Balaban J connectivity index is 0.00000264. The van der Waals surface area contributed by atoms with Crippen LogP contribution in [0.1, 0.15) is 16.7 Å². The average molecular weight is 424 g/mol. The molecule has 4 nitrogen and oxygen atoms in total. The lowest BCUT2D eigenvalue weighted by Crippen LogP contribution is -2.22. The number of nitrogens with one attached hydrogen (secondary N) is 1. The fourth-order valence-corrected chi connectivity index (χ4v) is 2.28. The summed E-state index contributed by atoms with van der Waals surface area (Å²) in [6.07, 6.45) is 0. The van der Waals surface area contributed by atoms with Gasteiger partial charge in [-0.3, -0.25) is 0 Å². The van der Waals surface area contributed by atoms with E-state index in [-0.39, 0.29) is 24.0 Å². The third-order valence-electron chi connectivity index (χ3n) is 3.21. The zero-order valence-corrected chi connectivity index (χ0v) is 16.2. The second kappa shape index (κ2) is 9.52. The summed E-state index contributed by atoms with van der Waals surface area (Å²) < 4.78 is 0. The molecular weight excluding hydrogens is 399 g/mol. The van der Waals surface area contributed by atoms with Crippen LogP contribution in [0.2, 0.25) is 0 Å². The quantitative estimate of drug-likeness (QED) is 0.438.